The van der Waals surface area contributed by atoms with E-state index >= 15 is 0 Å². The monoisotopic (exact) mass is 319 g/mol. The Balaban J connectivity index is 1.71. The number of nitrogens with one attached hydrogen (secondary N) is 2. The smallest absolute Gasteiger partial charge is 0.252 e. The molecule has 2 amide bonds. The van der Waals surface area contributed by atoms with Crippen molar-refractivity contribution in [3.05, 3.63) is 34.6 Å². The molecule has 7 nitrogen and oxygen atoms in total. The van der Waals surface area contributed by atoms with Gasteiger partial charge in [0.05, 0.1) is 6.42 Å². The first kappa shape index (κ1) is 14.5. The number of aromatic nitrogens is 3. The van der Waals surface area contributed by atoms with Crippen LogP contribution in [0.3, 0.4) is 0 Å². The first-order valence-electron chi connectivity index (χ1n) is 6.74. The van der Waals surface area contributed by atoms with Gasteiger partial charge in [0.1, 0.15) is 11.9 Å². The molecule has 0 unspecified atom stereocenters. The van der Waals surface area contributed by atoms with Crippen molar-refractivity contribution in [3.8, 4) is 0 Å². The maximum Gasteiger partial charge on any atom is 0.252 e. The van der Waals surface area contributed by atoms with Gasteiger partial charge in [-0.1, -0.05) is 17.7 Å². The summed E-state index contributed by atoms with van der Waals surface area (Å²) in [5.74, 6) is 0.345. The van der Waals surface area contributed by atoms with E-state index in [9.17, 15) is 9.59 Å². The van der Waals surface area contributed by atoms with Crippen LogP contribution in [0.1, 0.15) is 23.9 Å². The summed E-state index contributed by atoms with van der Waals surface area (Å²) < 4.78 is 1.44. The Hall–Kier alpha value is -2.41. The van der Waals surface area contributed by atoms with Gasteiger partial charge in [-0.2, -0.15) is 10.1 Å². The van der Waals surface area contributed by atoms with Crippen LogP contribution in [-0.2, 0) is 9.59 Å². The van der Waals surface area contributed by atoms with Gasteiger partial charge < -0.3 is 5.32 Å². The number of anilines is 2. The van der Waals surface area contributed by atoms with E-state index in [0.29, 0.717) is 22.5 Å². The van der Waals surface area contributed by atoms with Crippen LogP contribution in [0.4, 0.5) is 11.6 Å². The van der Waals surface area contributed by atoms with Crippen molar-refractivity contribution in [1.29, 1.82) is 0 Å². The van der Waals surface area contributed by atoms with Gasteiger partial charge in [-0.3, -0.25) is 14.9 Å². The van der Waals surface area contributed by atoms with Gasteiger partial charge in [-0.05, 0) is 31.5 Å². The lowest BCUT2D eigenvalue weighted by molar-refractivity contribution is -0.123. The van der Waals surface area contributed by atoms with Crippen molar-refractivity contribution in [2.75, 3.05) is 10.6 Å². The van der Waals surface area contributed by atoms with E-state index in [2.05, 4.69) is 20.7 Å². The third-order valence-corrected chi connectivity index (χ3v) is 3.81. The zero-order chi connectivity index (χ0) is 15.9. The molecule has 1 aliphatic rings. The molecule has 1 aromatic heterocycles. The summed E-state index contributed by atoms with van der Waals surface area (Å²) in [6.45, 7) is 3.61. The van der Waals surface area contributed by atoms with Crippen molar-refractivity contribution >= 4 is 35.1 Å². The second kappa shape index (κ2) is 5.42. The summed E-state index contributed by atoms with van der Waals surface area (Å²) in [5, 5.41) is 10.0. The van der Waals surface area contributed by atoms with Crippen molar-refractivity contribution in [2.45, 2.75) is 26.3 Å². The molecule has 0 fully saturated rings. The highest BCUT2D eigenvalue weighted by Gasteiger charge is 2.34. The number of amides is 2. The number of benzene rings is 1. The second-order valence-electron chi connectivity index (χ2n) is 5.15. The zero-order valence-corrected chi connectivity index (χ0v) is 12.8. The number of carbonyl (C=O) groups excluding carboxylic acids is 2. The summed E-state index contributed by atoms with van der Waals surface area (Å²) in [7, 11) is 0. The fourth-order valence-corrected chi connectivity index (χ4v) is 2.46. The standard InChI is InChI=1S/C14H14ClN5O2/c1-7-3-4-9(5-10(7)15)17-12(21)6-11-13(22)18-14-16-8(2)19-20(11)14/h3-5,11H,6H2,1-2H3,(H,17,21)(H,16,18,19,22)/t11-/m1/s1. The Morgan fingerprint density at radius 2 is 2.23 bits per heavy atom. The average Bonchev–Trinajstić information content (AvgIpc) is 2.92. The Morgan fingerprint density at radius 3 is 2.95 bits per heavy atom. The van der Waals surface area contributed by atoms with Crippen LogP contribution >= 0.6 is 11.6 Å². The molecule has 114 valence electrons. The third-order valence-electron chi connectivity index (χ3n) is 3.40. The Labute approximate surface area is 131 Å². The number of rotatable bonds is 3. The molecule has 0 saturated heterocycles. The lowest BCUT2D eigenvalue weighted by atomic mass is 10.2. The molecule has 1 atom stereocenters. The number of carbonyl (C=O) groups is 2. The van der Waals surface area contributed by atoms with E-state index in [4.69, 9.17) is 11.6 Å². The van der Waals surface area contributed by atoms with Crippen LogP contribution in [-0.4, -0.2) is 26.6 Å². The number of hydrogen-bond acceptors (Lipinski definition) is 4. The number of fused-ring (bicyclic) bond motifs is 1. The molecular weight excluding hydrogens is 306 g/mol. The lowest BCUT2D eigenvalue weighted by Gasteiger charge is -2.10. The minimum Gasteiger partial charge on any atom is -0.326 e. The highest BCUT2D eigenvalue weighted by atomic mass is 35.5. The van der Waals surface area contributed by atoms with Crippen LogP contribution in [0, 0.1) is 13.8 Å². The van der Waals surface area contributed by atoms with Crippen LogP contribution in [0.15, 0.2) is 18.2 Å². The van der Waals surface area contributed by atoms with Gasteiger partial charge >= 0.3 is 0 Å². The first-order valence-corrected chi connectivity index (χ1v) is 7.12. The third kappa shape index (κ3) is 2.67. The van der Waals surface area contributed by atoms with E-state index in [1.165, 1.54) is 4.68 Å². The molecule has 0 spiro atoms. The van der Waals surface area contributed by atoms with E-state index in [0.717, 1.165) is 5.56 Å². The molecule has 8 heteroatoms. The molecule has 0 radical (unpaired) electrons. The van der Waals surface area contributed by atoms with Gasteiger partial charge in [0.25, 0.3) is 5.91 Å². The normalized spacial score (nSPS) is 16.3. The molecule has 2 aromatic rings. The second-order valence-corrected chi connectivity index (χ2v) is 5.56. The fourth-order valence-electron chi connectivity index (χ4n) is 2.27. The lowest BCUT2D eigenvalue weighted by Crippen LogP contribution is -2.23. The van der Waals surface area contributed by atoms with Crippen molar-refractivity contribution in [3.63, 3.8) is 0 Å². The first-order chi connectivity index (χ1) is 10.4. The highest BCUT2D eigenvalue weighted by Crippen LogP contribution is 2.26. The molecule has 22 heavy (non-hydrogen) atoms. The molecule has 1 aliphatic heterocycles. The van der Waals surface area contributed by atoms with Crippen molar-refractivity contribution in [1.82, 2.24) is 14.8 Å². The zero-order valence-electron chi connectivity index (χ0n) is 12.1. The molecule has 0 bridgehead atoms. The summed E-state index contributed by atoms with van der Waals surface area (Å²) in [6.07, 6.45) is -0.0207. The minimum atomic E-state index is -0.683. The van der Waals surface area contributed by atoms with E-state index in [1.807, 2.05) is 13.0 Å². The van der Waals surface area contributed by atoms with Gasteiger partial charge in [0.2, 0.25) is 11.9 Å². The summed E-state index contributed by atoms with van der Waals surface area (Å²) >= 11 is 6.02. The number of nitrogens with zero attached hydrogens (tertiary/aromatic N) is 3. The quantitative estimate of drug-likeness (QED) is 0.906. The van der Waals surface area contributed by atoms with Crippen LogP contribution in [0.5, 0.6) is 0 Å². The maximum atomic E-state index is 12.1. The average molecular weight is 320 g/mol. The number of aryl methyl sites for hydroxylation is 2. The SMILES string of the molecule is Cc1nc2n(n1)[C@H](CC(=O)Nc1ccc(C)c(Cl)c1)C(=O)N2. The predicted octanol–water partition coefficient (Wildman–Crippen LogP) is 2.07. The van der Waals surface area contributed by atoms with Gasteiger partial charge in [-0.25, -0.2) is 4.68 Å². The van der Waals surface area contributed by atoms with Crippen molar-refractivity contribution in [2.24, 2.45) is 0 Å². The van der Waals surface area contributed by atoms with Crippen LogP contribution < -0.4 is 10.6 Å². The highest BCUT2D eigenvalue weighted by molar-refractivity contribution is 6.31. The predicted molar refractivity (Wildman–Crippen MR) is 81.9 cm³/mol. The molecule has 2 N–H and O–H groups in total. The Kier molecular flexibility index (Phi) is 3.58. The molecule has 0 saturated carbocycles. The summed E-state index contributed by atoms with van der Waals surface area (Å²) in [6, 6.07) is 4.57. The van der Waals surface area contributed by atoms with Crippen LogP contribution in [0.25, 0.3) is 0 Å². The van der Waals surface area contributed by atoms with Gasteiger partial charge in [0, 0.05) is 10.7 Å². The van der Waals surface area contributed by atoms with Gasteiger partial charge in [-0.15, -0.1) is 0 Å². The molecule has 0 aliphatic carbocycles. The van der Waals surface area contributed by atoms with Gasteiger partial charge in [0.15, 0.2) is 0 Å². The molecule has 1 aromatic carbocycles. The largest absolute Gasteiger partial charge is 0.326 e. The Morgan fingerprint density at radius 1 is 1.45 bits per heavy atom. The van der Waals surface area contributed by atoms with E-state index in [1.54, 1.807) is 19.1 Å². The minimum absolute atomic E-state index is 0.0207. The summed E-state index contributed by atoms with van der Waals surface area (Å²) in [4.78, 5) is 28.1. The van der Waals surface area contributed by atoms with E-state index in [-0.39, 0.29) is 18.2 Å². The topological polar surface area (TPSA) is 88.9 Å². The molecular formula is C14H14ClN5O2. The fraction of sp³-hybridized carbons (Fsp3) is 0.286. The summed E-state index contributed by atoms with van der Waals surface area (Å²) in [5.41, 5.74) is 1.52. The number of halogens is 1. The molecule has 2 heterocycles. The Bertz CT molecular complexity index is 771. The molecule has 3 rings (SSSR count). The van der Waals surface area contributed by atoms with E-state index < -0.39 is 6.04 Å². The number of hydrogen-bond donors (Lipinski definition) is 2. The van der Waals surface area contributed by atoms with Crippen LogP contribution in [0.2, 0.25) is 5.02 Å². The van der Waals surface area contributed by atoms with Crippen molar-refractivity contribution < 1.29 is 9.59 Å². The maximum absolute atomic E-state index is 12.1.